The molecule has 0 atom stereocenters. The number of rotatable bonds is 3. The molecule has 1 aromatic heterocycles. The van der Waals surface area contributed by atoms with E-state index in [1.807, 2.05) is 11.1 Å². The molecule has 6 nitrogen and oxygen atoms in total. The smallest absolute Gasteiger partial charge is 0.328 e. The minimum absolute atomic E-state index is 0.0329. The van der Waals surface area contributed by atoms with Crippen LogP contribution in [0.1, 0.15) is 11.1 Å². The molecule has 0 aliphatic carbocycles. The fourth-order valence-corrected chi connectivity index (χ4v) is 1.74. The number of nitrogens with zero attached hydrogens (tertiary/aromatic N) is 2. The van der Waals surface area contributed by atoms with Crippen LogP contribution >= 0.6 is 0 Å². The topological polar surface area (TPSA) is 87.9 Å². The molecule has 0 aliphatic heterocycles. The molecular weight excluding hydrogens is 265 g/mol. The fraction of sp³-hybridized carbons (Fsp3) is 0.154. The van der Waals surface area contributed by atoms with Gasteiger partial charge in [0.15, 0.2) is 0 Å². The van der Waals surface area contributed by atoms with Gasteiger partial charge in [-0.1, -0.05) is 6.07 Å². The minimum Gasteiger partial charge on any atom is -0.495 e. The molecule has 20 heavy (non-hydrogen) atoms. The highest BCUT2D eigenvalue weighted by Crippen LogP contribution is 2.19. The van der Waals surface area contributed by atoms with Crippen molar-refractivity contribution < 1.29 is 9.13 Å². The number of nitrogens with one attached hydrogen (secondary N) is 1. The van der Waals surface area contributed by atoms with Crippen LogP contribution in [0.15, 0.2) is 34.0 Å². The Morgan fingerprint density at radius 2 is 2.20 bits per heavy atom. The zero-order valence-corrected chi connectivity index (χ0v) is 10.5. The number of aromatic nitrogens is 2. The second kappa shape index (κ2) is 5.40. The van der Waals surface area contributed by atoms with Crippen molar-refractivity contribution in [1.29, 1.82) is 5.26 Å². The van der Waals surface area contributed by atoms with E-state index in [-0.39, 0.29) is 6.54 Å². The van der Waals surface area contributed by atoms with Crippen LogP contribution < -0.4 is 16.0 Å². The Labute approximate surface area is 112 Å². The lowest BCUT2D eigenvalue weighted by Crippen LogP contribution is -2.31. The number of aromatic amines is 1. The molecule has 2 aromatic rings. The average Bonchev–Trinajstić information content (AvgIpc) is 2.44. The highest BCUT2D eigenvalue weighted by molar-refractivity contribution is 5.45. The van der Waals surface area contributed by atoms with Crippen molar-refractivity contribution in [3.05, 3.63) is 62.2 Å². The van der Waals surface area contributed by atoms with Crippen molar-refractivity contribution in [2.75, 3.05) is 7.11 Å². The summed E-state index contributed by atoms with van der Waals surface area (Å²) in [7, 11) is 1.44. The number of halogens is 1. The van der Waals surface area contributed by atoms with E-state index in [9.17, 15) is 14.0 Å². The van der Waals surface area contributed by atoms with Gasteiger partial charge in [-0.05, 0) is 17.7 Å². The molecule has 0 saturated heterocycles. The van der Waals surface area contributed by atoms with Gasteiger partial charge in [-0.25, -0.2) is 4.79 Å². The molecule has 0 radical (unpaired) electrons. The predicted molar refractivity (Wildman–Crippen MR) is 68.1 cm³/mol. The Hall–Kier alpha value is -2.88. The maximum absolute atomic E-state index is 13.2. The van der Waals surface area contributed by atoms with Crippen molar-refractivity contribution in [2.45, 2.75) is 6.54 Å². The molecule has 0 spiro atoms. The second-order valence-corrected chi connectivity index (χ2v) is 4.01. The lowest BCUT2D eigenvalue weighted by atomic mass is 10.1. The van der Waals surface area contributed by atoms with E-state index >= 15 is 0 Å². The third-order valence-corrected chi connectivity index (χ3v) is 2.70. The summed E-state index contributed by atoms with van der Waals surface area (Å²) in [5.41, 5.74) is -0.858. The van der Waals surface area contributed by atoms with Crippen LogP contribution in [0.25, 0.3) is 0 Å². The van der Waals surface area contributed by atoms with E-state index < -0.39 is 17.1 Å². The van der Waals surface area contributed by atoms with Gasteiger partial charge in [0.25, 0.3) is 5.56 Å². The Morgan fingerprint density at radius 1 is 1.45 bits per heavy atom. The van der Waals surface area contributed by atoms with Gasteiger partial charge in [0, 0.05) is 0 Å². The Bertz CT molecular complexity index is 802. The Balaban J connectivity index is 2.41. The number of nitriles is 1. The van der Waals surface area contributed by atoms with Gasteiger partial charge < -0.3 is 4.74 Å². The van der Waals surface area contributed by atoms with Crippen LogP contribution in [0.2, 0.25) is 0 Å². The molecule has 0 unspecified atom stereocenters. The first-order chi connectivity index (χ1) is 9.55. The maximum Gasteiger partial charge on any atom is 0.328 e. The van der Waals surface area contributed by atoms with Crippen molar-refractivity contribution >= 4 is 0 Å². The Kier molecular flexibility index (Phi) is 3.66. The van der Waals surface area contributed by atoms with Gasteiger partial charge in [-0.3, -0.25) is 14.3 Å². The summed E-state index contributed by atoms with van der Waals surface area (Å²) in [6.45, 7) is 0.0329. The summed E-state index contributed by atoms with van der Waals surface area (Å²) in [6, 6.07) is 6.73. The van der Waals surface area contributed by atoms with Crippen molar-refractivity contribution in [3.8, 4) is 11.8 Å². The normalized spacial score (nSPS) is 10.1. The number of hydrogen-bond acceptors (Lipinski definition) is 4. The van der Waals surface area contributed by atoms with Crippen LogP contribution in [-0.4, -0.2) is 16.7 Å². The zero-order valence-electron chi connectivity index (χ0n) is 10.5. The third-order valence-electron chi connectivity index (χ3n) is 2.70. The molecule has 0 aliphatic rings. The van der Waals surface area contributed by atoms with Gasteiger partial charge >= 0.3 is 5.69 Å². The number of hydrogen-bond donors (Lipinski definition) is 1. The van der Waals surface area contributed by atoms with Gasteiger partial charge in [-0.15, -0.1) is 0 Å². The summed E-state index contributed by atoms with van der Waals surface area (Å²) in [5.74, 6) is -0.630. The number of ether oxygens (including phenoxy) is 1. The van der Waals surface area contributed by atoms with Gasteiger partial charge in [-0.2, -0.15) is 9.65 Å². The molecule has 102 valence electrons. The molecule has 1 N–H and O–H groups in total. The van der Waals surface area contributed by atoms with Crippen molar-refractivity contribution in [2.24, 2.45) is 0 Å². The molecule has 0 saturated carbocycles. The molecular formula is C13H10FN3O3. The largest absolute Gasteiger partial charge is 0.495 e. The van der Waals surface area contributed by atoms with E-state index in [1.165, 1.54) is 13.2 Å². The molecule has 0 bridgehead atoms. The lowest BCUT2D eigenvalue weighted by molar-refractivity contribution is 0.413. The standard InChI is InChI=1S/C13H10FN3O3/c1-20-11-3-2-8(4-9(11)5-15)6-17-7-10(14)12(18)16-13(17)19/h2-4,7H,6H2,1H3,(H,16,18,19). The van der Waals surface area contributed by atoms with E-state index in [1.54, 1.807) is 12.1 Å². The molecule has 1 heterocycles. The monoisotopic (exact) mass is 275 g/mol. The first-order valence-electron chi connectivity index (χ1n) is 5.61. The van der Waals surface area contributed by atoms with E-state index in [4.69, 9.17) is 10.00 Å². The summed E-state index contributed by atoms with van der Waals surface area (Å²) < 4.78 is 19.2. The molecule has 0 fully saturated rings. The third kappa shape index (κ3) is 2.59. The van der Waals surface area contributed by atoms with E-state index in [0.717, 1.165) is 10.8 Å². The molecule has 2 rings (SSSR count). The first kappa shape index (κ1) is 13.5. The minimum atomic E-state index is -1.06. The fourth-order valence-electron chi connectivity index (χ4n) is 1.74. The quantitative estimate of drug-likeness (QED) is 0.888. The van der Waals surface area contributed by atoms with Crippen LogP contribution in [0, 0.1) is 17.1 Å². The maximum atomic E-state index is 13.2. The van der Waals surface area contributed by atoms with E-state index in [2.05, 4.69) is 0 Å². The summed E-state index contributed by atoms with van der Waals surface area (Å²) in [5, 5.41) is 8.97. The number of benzene rings is 1. The zero-order chi connectivity index (χ0) is 14.7. The number of methoxy groups -OCH3 is 1. The molecule has 7 heteroatoms. The van der Waals surface area contributed by atoms with Crippen LogP contribution in [0.3, 0.4) is 0 Å². The van der Waals surface area contributed by atoms with Gasteiger partial charge in [0.2, 0.25) is 5.82 Å². The SMILES string of the molecule is COc1ccc(Cn2cc(F)c(=O)[nH]c2=O)cc1C#N. The summed E-state index contributed by atoms with van der Waals surface area (Å²) >= 11 is 0. The number of H-pyrrole nitrogens is 1. The second-order valence-electron chi connectivity index (χ2n) is 4.01. The van der Waals surface area contributed by atoms with Gasteiger partial charge in [0.1, 0.15) is 11.8 Å². The van der Waals surface area contributed by atoms with E-state index in [0.29, 0.717) is 16.9 Å². The lowest BCUT2D eigenvalue weighted by Gasteiger charge is -2.07. The summed E-state index contributed by atoms with van der Waals surface area (Å²) in [4.78, 5) is 24.3. The summed E-state index contributed by atoms with van der Waals surface area (Å²) in [6.07, 6.45) is 0.831. The Morgan fingerprint density at radius 3 is 2.85 bits per heavy atom. The average molecular weight is 275 g/mol. The van der Waals surface area contributed by atoms with Crippen LogP contribution in [0.5, 0.6) is 5.75 Å². The van der Waals surface area contributed by atoms with Crippen molar-refractivity contribution in [3.63, 3.8) is 0 Å². The van der Waals surface area contributed by atoms with Crippen molar-refractivity contribution in [1.82, 2.24) is 9.55 Å². The van der Waals surface area contributed by atoms with Crippen LogP contribution in [0.4, 0.5) is 4.39 Å². The first-order valence-corrected chi connectivity index (χ1v) is 5.61. The van der Waals surface area contributed by atoms with Crippen LogP contribution in [-0.2, 0) is 6.54 Å². The van der Waals surface area contributed by atoms with Gasteiger partial charge in [0.05, 0.1) is 25.4 Å². The highest BCUT2D eigenvalue weighted by Gasteiger charge is 2.07. The molecule has 0 amide bonds. The predicted octanol–water partition coefficient (Wildman–Crippen LogP) is 0.604. The highest BCUT2D eigenvalue weighted by atomic mass is 19.1. The molecule has 1 aromatic carbocycles.